The van der Waals surface area contributed by atoms with Crippen molar-refractivity contribution in [2.45, 2.75) is 19.9 Å². The summed E-state index contributed by atoms with van der Waals surface area (Å²) in [6.45, 7) is 3.33. The lowest BCUT2D eigenvalue weighted by Gasteiger charge is -2.28. The fraction of sp³-hybridized carbons (Fsp3) is 0.235. The number of sulfonamides is 1. The Labute approximate surface area is 157 Å². The van der Waals surface area contributed by atoms with Gasteiger partial charge in [-0.1, -0.05) is 35.3 Å². The minimum atomic E-state index is -3.70. The van der Waals surface area contributed by atoms with E-state index < -0.39 is 22.0 Å². The molecule has 0 radical (unpaired) electrons. The van der Waals surface area contributed by atoms with E-state index in [0.29, 0.717) is 21.4 Å². The van der Waals surface area contributed by atoms with Crippen LogP contribution in [0.1, 0.15) is 12.5 Å². The maximum absolute atomic E-state index is 12.6. The molecule has 25 heavy (non-hydrogen) atoms. The highest BCUT2D eigenvalue weighted by Gasteiger charge is 2.29. The smallest absolute Gasteiger partial charge is 0.248 e. The first-order valence-corrected chi connectivity index (χ1v) is 10.0. The lowest BCUT2D eigenvalue weighted by Crippen LogP contribution is -2.45. The van der Waals surface area contributed by atoms with Crippen molar-refractivity contribution in [2.75, 3.05) is 15.9 Å². The molecule has 2 aromatic rings. The van der Waals surface area contributed by atoms with Crippen LogP contribution < -0.4 is 9.62 Å². The second kappa shape index (κ2) is 7.64. The van der Waals surface area contributed by atoms with Crippen molar-refractivity contribution in [3.8, 4) is 0 Å². The number of rotatable bonds is 5. The molecule has 0 aromatic heterocycles. The summed E-state index contributed by atoms with van der Waals surface area (Å²) in [5.41, 5.74) is 1.67. The molecule has 5 nitrogen and oxygen atoms in total. The Bertz CT molecular complexity index is 901. The standard InChI is InChI=1S/C17H18Cl2N2O3S/c1-11-7-8-14(19)10-16(11)20-17(22)12(2)21(25(3,23)24)15-6-4-5-13(18)9-15/h4-10,12H,1-3H3,(H,20,22)/t12-/m1/s1. The minimum Gasteiger partial charge on any atom is -0.324 e. The number of benzene rings is 2. The highest BCUT2D eigenvalue weighted by atomic mass is 35.5. The number of nitrogens with zero attached hydrogens (tertiary/aromatic N) is 1. The van der Waals surface area contributed by atoms with Gasteiger partial charge in [-0.3, -0.25) is 9.10 Å². The summed E-state index contributed by atoms with van der Waals surface area (Å²) in [7, 11) is -3.70. The number of halogens is 2. The van der Waals surface area contributed by atoms with Crippen LogP contribution in [-0.2, 0) is 14.8 Å². The van der Waals surface area contributed by atoms with Gasteiger partial charge in [0.15, 0.2) is 0 Å². The van der Waals surface area contributed by atoms with Gasteiger partial charge in [-0.15, -0.1) is 0 Å². The van der Waals surface area contributed by atoms with Crippen molar-refractivity contribution in [1.29, 1.82) is 0 Å². The zero-order valence-corrected chi connectivity index (χ0v) is 16.3. The summed E-state index contributed by atoms with van der Waals surface area (Å²) in [6, 6.07) is 10.5. The van der Waals surface area contributed by atoms with Gasteiger partial charge in [0.1, 0.15) is 6.04 Å². The zero-order valence-electron chi connectivity index (χ0n) is 14.0. The molecule has 1 atom stereocenters. The monoisotopic (exact) mass is 400 g/mol. The second-order valence-corrected chi connectivity index (χ2v) is 8.40. The zero-order chi connectivity index (χ0) is 18.8. The van der Waals surface area contributed by atoms with Gasteiger partial charge < -0.3 is 5.32 Å². The Kier molecular flexibility index (Phi) is 5.98. The van der Waals surface area contributed by atoms with E-state index in [9.17, 15) is 13.2 Å². The van der Waals surface area contributed by atoms with Crippen LogP contribution in [0.3, 0.4) is 0 Å². The number of hydrogen-bond donors (Lipinski definition) is 1. The topological polar surface area (TPSA) is 66.5 Å². The van der Waals surface area contributed by atoms with Gasteiger partial charge in [-0.05, 0) is 49.7 Å². The van der Waals surface area contributed by atoms with Crippen molar-refractivity contribution >= 4 is 50.5 Å². The van der Waals surface area contributed by atoms with Crippen LogP contribution in [0.15, 0.2) is 42.5 Å². The third-order valence-electron chi connectivity index (χ3n) is 3.61. The van der Waals surface area contributed by atoms with E-state index in [1.165, 1.54) is 13.0 Å². The summed E-state index contributed by atoms with van der Waals surface area (Å²) in [4.78, 5) is 12.6. The van der Waals surface area contributed by atoms with Gasteiger partial charge in [0, 0.05) is 15.7 Å². The van der Waals surface area contributed by atoms with Gasteiger partial charge in [0.05, 0.1) is 11.9 Å². The van der Waals surface area contributed by atoms with E-state index in [2.05, 4.69) is 5.32 Å². The van der Waals surface area contributed by atoms with Crippen LogP contribution >= 0.6 is 23.2 Å². The molecule has 0 unspecified atom stereocenters. The fourth-order valence-electron chi connectivity index (χ4n) is 2.39. The van der Waals surface area contributed by atoms with E-state index in [-0.39, 0.29) is 0 Å². The number of amides is 1. The van der Waals surface area contributed by atoms with Crippen LogP contribution in [0.25, 0.3) is 0 Å². The molecule has 2 aromatic carbocycles. The SMILES string of the molecule is Cc1ccc(Cl)cc1NC(=O)[C@@H](C)N(c1cccc(Cl)c1)S(C)(=O)=O. The third kappa shape index (κ3) is 4.87. The average Bonchev–Trinajstić information content (AvgIpc) is 2.49. The fourth-order valence-corrected chi connectivity index (χ4v) is 3.91. The molecule has 1 N–H and O–H groups in total. The summed E-state index contributed by atoms with van der Waals surface area (Å²) in [6.07, 6.45) is 1.04. The van der Waals surface area contributed by atoms with Gasteiger partial charge in [-0.25, -0.2) is 8.42 Å². The quantitative estimate of drug-likeness (QED) is 0.821. The van der Waals surface area contributed by atoms with Crippen molar-refractivity contribution in [3.05, 3.63) is 58.1 Å². The molecular formula is C17H18Cl2N2O3S. The highest BCUT2D eigenvalue weighted by molar-refractivity contribution is 7.92. The van der Waals surface area contributed by atoms with E-state index in [4.69, 9.17) is 23.2 Å². The van der Waals surface area contributed by atoms with Crippen LogP contribution in [0.4, 0.5) is 11.4 Å². The van der Waals surface area contributed by atoms with Gasteiger partial charge >= 0.3 is 0 Å². The summed E-state index contributed by atoms with van der Waals surface area (Å²) >= 11 is 11.9. The Morgan fingerprint density at radius 3 is 2.36 bits per heavy atom. The normalized spacial score (nSPS) is 12.5. The molecule has 0 heterocycles. The number of carbonyl (C=O) groups excluding carboxylic acids is 1. The van der Waals surface area contributed by atoms with Crippen molar-refractivity contribution in [3.63, 3.8) is 0 Å². The first-order chi connectivity index (χ1) is 11.6. The second-order valence-electron chi connectivity index (χ2n) is 5.66. The van der Waals surface area contributed by atoms with Crippen molar-refractivity contribution in [1.82, 2.24) is 0 Å². The van der Waals surface area contributed by atoms with Gasteiger partial charge in [0.2, 0.25) is 15.9 Å². The Balaban J connectivity index is 2.35. The lowest BCUT2D eigenvalue weighted by atomic mass is 10.2. The first kappa shape index (κ1) is 19.6. The molecule has 0 fully saturated rings. The largest absolute Gasteiger partial charge is 0.324 e. The Morgan fingerprint density at radius 1 is 1.12 bits per heavy atom. The highest BCUT2D eigenvalue weighted by Crippen LogP contribution is 2.25. The first-order valence-electron chi connectivity index (χ1n) is 7.41. The Hall–Kier alpha value is -1.76. The van der Waals surface area contributed by atoms with E-state index in [0.717, 1.165) is 16.1 Å². The lowest BCUT2D eigenvalue weighted by molar-refractivity contribution is -0.116. The minimum absolute atomic E-state index is 0.320. The van der Waals surface area contributed by atoms with Crippen LogP contribution in [-0.4, -0.2) is 26.6 Å². The molecule has 0 aliphatic carbocycles. The molecule has 0 saturated heterocycles. The number of aryl methyl sites for hydroxylation is 1. The number of nitrogens with one attached hydrogen (secondary N) is 1. The Morgan fingerprint density at radius 2 is 1.76 bits per heavy atom. The van der Waals surface area contributed by atoms with Crippen molar-refractivity contribution in [2.24, 2.45) is 0 Å². The van der Waals surface area contributed by atoms with Gasteiger partial charge in [-0.2, -0.15) is 0 Å². The average molecular weight is 401 g/mol. The molecule has 2 rings (SSSR count). The molecule has 0 aliphatic heterocycles. The summed E-state index contributed by atoms with van der Waals surface area (Å²) < 4.78 is 25.5. The molecule has 134 valence electrons. The predicted octanol–water partition coefficient (Wildman–Crippen LogP) is 4.10. The molecule has 1 amide bonds. The molecule has 0 aliphatic rings. The predicted molar refractivity (Wildman–Crippen MR) is 103 cm³/mol. The molecule has 0 spiro atoms. The number of anilines is 2. The van der Waals surface area contributed by atoms with E-state index in [1.54, 1.807) is 36.4 Å². The van der Waals surface area contributed by atoms with E-state index in [1.807, 2.05) is 6.92 Å². The van der Waals surface area contributed by atoms with Crippen molar-refractivity contribution < 1.29 is 13.2 Å². The number of hydrogen-bond acceptors (Lipinski definition) is 3. The van der Waals surface area contributed by atoms with E-state index >= 15 is 0 Å². The summed E-state index contributed by atoms with van der Waals surface area (Å²) in [5.74, 6) is -0.476. The maximum atomic E-state index is 12.6. The number of carbonyl (C=O) groups is 1. The molecular weight excluding hydrogens is 383 g/mol. The molecule has 0 saturated carbocycles. The summed E-state index contributed by atoms with van der Waals surface area (Å²) in [5, 5.41) is 3.58. The van der Waals surface area contributed by atoms with Gasteiger partial charge in [0.25, 0.3) is 0 Å². The molecule has 0 bridgehead atoms. The molecule has 8 heteroatoms. The van der Waals surface area contributed by atoms with Crippen LogP contribution in [0, 0.1) is 6.92 Å². The van der Waals surface area contributed by atoms with Crippen LogP contribution in [0.5, 0.6) is 0 Å². The third-order valence-corrected chi connectivity index (χ3v) is 5.32. The maximum Gasteiger partial charge on any atom is 0.248 e. The van der Waals surface area contributed by atoms with Crippen LogP contribution in [0.2, 0.25) is 10.0 Å².